The van der Waals surface area contributed by atoms with Gasteiger partial charge in [0.05, 0.1) is 7.11 Å². The molecule has 2 heteroatoms. The molecule has 2 aromatic rings. The Kier molecular flexibility index (Phi) is 3.17. The molecule has 1 aromatic heterocycles. The summed E-state index contributed by atoms with van der Waals surface area (Å²) in [5.41, 5.74) is 1.50. The van der Waals surface area contributed by atoms with Crippen molar-refractivity contribution in [2.24, 2.45) is 0 Å². The molecule has 0 bridgehead atoms. The van der Waals surface area contributed by atoms with Crippen molar-refractivity contribution in [3.05, 3.63) is 28.6 Å². The van der Waals surface area contributed by atoms with Crippen LogP contribution in [0, 0.1) is 0 Å². The minimum atomic E-state index is 0.165. The molecule has 0 aliphatic carbocycles. The van der Waals surface area contributed by atoms with Crippen molar-refractivity contribution in [3.63, 3.8) is 0 Å². The summed E-state index contributed by atoms with van der Waals surface area (Å²) in [6.07, 6.45) is 1.09. The quantitative estimate of drug-likeness (QED) is 0.744. The van der Waals surface area contributed by atoms with Crippen LogP contribution in [0.25, 0.3) is 10.1 Å². The third-order valence-electron chi connectivity index (χ3n) is 3.08. The molecular formula is C15H20OS. The van der Waals surface area contributed by atoms with E-state index in [9.17, 15) is 0 Å². The fraction of sp³-hybridized carbons (Fsp3) is 0.467. The van der Waals surface area contributed by atoms with Crippen LogP contribution in [0.5, 0.6) is 5.75 Å². The zero-order chi connectivity index (χ0) is 12.6. The van der Waals surface area contributed by atoms with E-state index < -0.39 is 0 Å². The Bertz CT molecular complexity index is 532. The van der Waals surface area contributed by atoms with Gasteiger partial charge in [-0.1, -0.05) is 27.7 Å². The molecule has 0 atom stereocenters. The Morgan fingerprint density at radius 1 is 1.18 bits per heavy atom. The SMILES string of the molecule is CCc1cc2c(OC)cc(C(C)(C)C)cc2s1. The summed E-state index contributed by atoms with van der Waals surface area (Å²) < 4.78 is 6.87. The molecular weight excluding hydrogens is 228 g/mol. The first-order chi connectivity index (χ1) is 7.95. The molecule has 1 heterocycles. The third kappa shape index (κ3) is 2.32. The van der Waals surface area contributed by atoms with E-state index in [1.54, 1.807) is 7.11 Å². The predicted molar refractivity (Wildman–Crippen MR) is 76.5 cm³/mol. The van der Waals surface area contributed by atoms with Gasteiger partial charge >= 0.3 is 0 Å². The van der Waals surface area contributed by atoms with E-state index >= 15 is 0 Å². The molecule has 0 N–H and O–H groups in total. The van der Waals surface area contributed by atoms with Crippen LogP contribution in [0.1, 0.15) is 38.1 Å². The normalized spacial score (nSPS) is 12.1. The van der Waals surface area contributed by atoms with Crippen LogP contribution in [-0.2, 0) is 11.8 Å². The highest BCUT2D eigenvalue weighted by Crippen LogP contribution is 2.37. The fourth-order valence-corrected chi connectivity index (χ4v) is 2.99. The summed E-state index contributed by atoms with van der Waals surface area (Å²) in [6, 6.07) is 6.74. The summed E-state index contributed by atoms with van der Waals surface area (Å²) in [4.78, 5) is 1.42. The molecule has 0 spiro atoms. The van der Waals surface area contributed by atoms with Crippen molar-refractivity contribution in [2.75, 3.05) is 7.11 Å². The van der Waals surface area contributed by atoms with Gasteiger partial charge in [0.1, 0.15) is 5.75 Å². The summed E-state index contributed by atoms with van der Waals surface area (Å²) in [5.74, 6) is 1.00. The van der Waals surface area contributed by atoms with Crippen LogP contribution >= 0.6 is 11.3 Å². The summed E-state index contributed by atoms with van der Waals surface area (Å²) in [7, 11) is 1.75. The lowest BCUT2D eigenvalue weighted by molar-refractivity contribution is 0.418. The Morgan fingerprint density at radius 3 is 2.41 bits per heavy atom. The van der Waals surface area contributed by atoms with Gasteiger partial charge in [-0.3, -0.25) is 0 Å². The van der Waals surface area contributed by atoms with Crippen molar-refractivity contribution < 1.29 is 4.74 Å². The molecule has 1 nitrogen and oxygen atoms in total. The molecule has 2 rings (SSSR count). The number of methoxy groups -OCH3 is 1. The third-order valence-corrected chi connectivity index (χ3v) is 4.31. The number of hydrogen-bond acceptors (Lipinski definition) is 2. The van der Waals surface area contributed by atoms with Crippen molar-refractivity contribution in [3.8, 4) is 5.75 Å². The fourth-order valence-electron chi connectivity index (χ4n) is 1.94. The highest BCUT2D eigenvalue weighted by molar-refractivity contribution is 7.19. The number of ether oxygens (including phenoxy) is 1. The molecule has 0 unspecified atom stereocenters. The summed E-state index contributed by atoms with van der Waals surface area (Å²) in [6.45, 7) is 8.91. The lowest BCUT2D eigenvalue weighted by Crippen LogP contribution is -2.10. The van der Waals surface area contributed by atoms with Crippen molar-refractivity contribution in [2.45, 2.75) is 39.5 Å². The Balaban J connectivity index is 2.68. The van der Waals surface area contributed by atoms with Crippen molar-refractivity contribution >= 4 is 21.4 Å². The molecule has 0 fully saturated rings. The number of hydrogen-bond donors (Lipinski definition) is 0. The lowest BCUT2D eigenvalue weighted by Gasteiger charge is -2.20. The zero-order valence-electron chi connectivity index (χ0n) is 11.3. The van der Waals surface area contributed by atoms with Gasteiger partial charge < -0.3 is 4.74 Å². The first-order valence-electron chi connectivity index (χ1n) is 6.06. The monoisotopic (exact) mass is 248 g/mol. The molecule has 0 saturated heterocycles. The molecule has 17 heavy (non-hydrogen) atoms. The Morgan fingerprint density at radius 2 is 1.88 bits per heavy atom. The van der Waals surface area contributed by atoms with Crippen LogP contribution in [0.2, 0.25) is 0 Å². The zero-order valence-corrected chi connectivity index (χ0v) is 12.1. The van der Waals surface area contributed by atoms with Gasteiger partial charge in [0, 0.05) is 15.0 Å². The van der Waals surface area contributed by atoms with Crippen LogP contribution in [0.15, 0.2) is 18.2 Å². The molecule has 0 radical (unpaired) electrons. The van der Waals surface area contributed by atoms with E-state index in [1.807, 2.05) is 11.3 Å². The molecule has 0 aliphatic heterocycles. The number of aryl methyl sites for hydroxylation is 1. The average molecular weight is 248 g/mol. The highest BCUT2D eigenvalue weighted by Gasteiger charge is 2.17. The van der Waals surface area contributed by atoms with Crippen LogP contribution in [0.4, 0.5) is 0 Å². The number of fused-ring (bicyclic) bond motifs is 1. The minimum Gasteiger partial charge on any atom is -0.496 e. The average Bonchev–Trinajstić information content (AvgIpc) is 2.69. The molecule has 0 amide bonds. The van der Waals surface area contributed by atoms with Crippen molar-refractivity contribution in [1.82, 2.24) is 0 Å². The molecule has 92 valence electrons. The Hall–Kier alpha value is -1.02. The molecule has 0 aliphatic rings. The minimum absolute atomic E-state index is 0.165. The summed E-state index contributed by atoms with van der Waals surface area (Å²) in [5, 5.41) is 1.25. The van der Waals surface area contributed by atoms with Gasteiger partial charge in [-0.25, -0.2) is 0 Å². The summed E-state index contributed by atoms with van der Waals surface area (Å²) >= 11 is 1.88. The van der Waals surface area contributed by atoms with Crippen LogP contribution in [0.3, 0.4) is 0 Å². The smallest absolute Gasteiger partial charge is 0.127 e. The number of benzene rings is 1. The van der Waals surface area contributed by atoms with Gasteiger partial charge in [0.25, 0.3) is 0 Å². The number of rotatable bonds is 2. The van der Waals surface area contributed by atoms with E-state index in [4.69, 9.17) is 4.74 Å². The van der Waals surface area contributed by atoms with E-state index in [2.05, 4.69) is 45.9 Å². The van der Waals surface area contributed by atoms with Gasteiger partial charge in [-0.2, -0.15) is 0 Å². The first-order valence-corrected chi connectivity index (χ1v) is 6.88. The van der Waals surface area contributed by atoms with Gasteiger partial charge in [-0.15, -0.1) is 11.3 Å². The second-order valence-corrected chi connectivity index (χ2v) is 6.57. The highest BCUT2D eigenvalue weighted by atomic mass is 32.1. The second-order valence-electron chi connectivity index (χ2n) is 5.41. The topological polar surface area (TPSA) is 9.23 Å². The predicted octanol–water partition coefficient (Wildman–Crippen LogP) is 4.77. The second kappa shape index (κ2) is 4.34. The standard InChI is InChI=1S/C15H20OS/c1-6-11-9-12-13(16-5)7-10(15(2,3)4)8-14(12)17-11/h7-9H,6H2,1-5H3. The maximum absolute atomic E-state index is 5.53. The van der Waals surface area contributed by atoms with E-state index in [0.29, 0.717) is 0 Å². The number of thiophene rings is 1. The Labute approximate surface area is 107 Å². The van der Waals surface area contributed by atoms with Gasteiger partial charge in [-0.05, 0) is 35.6 Å². The largest absolute Gasteiger partial charge is 0.496 e. The van der Waals surface area contributed by atoms with Crippen LogP contribution in [-0.4, -0.2) is 7.11 Å². The first kappa shape index (κ1) is 12.4. The van der Waals surface area contributed by atoms with E-state index in [1.165, 1.54) is 20.5 Å². The maximum Gasteiger partial charge on any atom is 0.127 e. The van der Waals surface area contributed by atoms with Crippen LogP contribution < -0.4 is 4.74 Å². The lowest BCUT2D eigenvalue weighted by atomic mass is 9.86. The van der Waals surface area contributed by atoms with Crippen molar-refractivity contribution in [1.29, 1.82) is 0 Å². The van der Waals surface area contributed by atoms with E-state index in [-0.39, 0.29) is 5.41 Å². The van der Waals surface area contributed by atoms with Gasteiger partial charge in [0.15, 0.2) is 0 Å². The molecule has 0 saturated carbocycles. The maximum atomic E-state index is 5.53. The van der Waals surface area contributed by atoms with Gasteiger partial charge in [0.2, 0.25) is 0 Å². The van der Waals surface area contributed by atoms with E-state index in [0.717, 1.165) is 12.2 Å². The molecule has 1 aromatic carbocycles.